The number of hydrogen-bond acceptors (Lipinski definition) is 0. The Morgan fingerprint density at radius 3 is 1.14 bits per heavy atom. The van der Waals surface area contributed by atoms with E-state index in [-0.39, 0.29) is 5.92 Å². The summed E-state index contributed by atoms with van der Waals surface area (Å²) in [6.07, 6.45) is 0. The molecule has 0 radical (unpaired) electrons. The molecule has 0 aromatic heterocycles. The van der Waals surface area contributed by atoms with Crippen molar-refractivity contribution in [1.82, 2.24) is 0 Å². The molecule has 28 heavy (non-hydrogen) atoms. The molecule has 3 aromatic rings. The van der Waals surface area contributed by atoms with Gasteiger partial charge in [0.15, 0.2) is 0 Å². The molecular formula is C27H26N+. The van der Waals surface area contributed by atoms with Crippen molar-refractivity contribution < 1.29 is 0 Å². The van der Waals surface area contributed by atoms with Gasteiger partial charge in [-0.1, -0.05) is 41.2 Å². The highest BCUT2D eigenvalue weighted by Crippen LogP contribution is 2.63. The highest BCUT2D eigenvalue weighted by Gasteiger charge is 2.63. The average Bonchev–Trinajstić information content (AvgIpc) is 2.69. The first-order valence-electron chi connectivity index (χ1n) is 10.1. The smallest absolute Gasteiger partial charge is 0.0644 e. The molecule has 1 heteroatoms. The molecule has 2 bridgehead atoms. The molecule has 3 aliphatic rings. The van der Waals surface area contributed by atoms with E-state index in [9.17, 15) is 0 Å². The van der Waals surface area contributed by atoms with Gasteiger partial charge in [-0.05, 0) is 91.6 Å². The van der Waals surface area contributed by atoms with E-state index in [0.29, 0.717) is 0 Å². The molecule has 0 unspecified atom stereocenters. The second kappa shape index (κ2) is 5.36. The van der Waals surface area contributed by atoms with Gasteiger partial charge in [0.1, 0.15) is 0 Å². The Morgan fingerprint density at radius 1 is 0.571 bits per heavy atom. The van der Waals surface area contributed by atoms with E-state index in [1.807, 2.05) is 0 Å². The second-order valence-corrected chi connectivity index (χ2v) is 8.74. The molecule has 1 nitrogen and oxygen atoms in total. The number of aryl methyl sites for hydroxylation is 6. The van der Waals surface area contributed by atoms with Crippen LogP contribution in [0.15, 0.2) is 36.4 Å². The van der Waals surface area contributed by atoms with Crippen LogP contribution in [0.1, 0.15) is 72.7 Å². The summed E-state index contributed by atoms with van der Waals surface area (Å²) in [5.74, 6) is 0.253. The first-order chi connectivity index (χ1) is 13.3. The zero-order valence-electron chi connectivity index (χ0n) is 17.6. The van der Waals surface area contributed by atoms with Crippen molar-refractivity contribution in [3.05, 3.63) is 108 Å². The molecule has 0 saturated heterocycles. The Hall–Kier alpha value is -2.85. The normalized spacial score (nSPS) is 21.0. The molecule has 3 aliphatic carbocycles. The minimum atomic E-state index is -0.628. The summed E-state index contributed by atoms with van der Waals surface area (Å²) in [5.41, 5.74) is 15.4. The Labute approximate surface area is 167 Å². The van der Waals surface area contributed by atoms with Crippen molar-refractivity contribution in [2.24, 2.45) is 0 Å². The number of nitrogens with zero attached hydrogens (tertiary/aromatic N) is 1. The largest absolute Gasteiger partial charge is 0.357 e. The van der Waals surface area contributed by atoms with E-state index in [1.165, 1.54) is 66.8 Å². The van der Waals surface area contributed by atoms with Crippen LogP contribution in [0.5, 0.6) is 0 Å². The van der Waals surface area contributed by atoms with Crippen molar-refractivity contribution in [1.29, 1.82) is 0 Å². The first kappa shape index (κ1) is 17.3. The van der Waals surface area contributed by atoms with E-state index in [1.54, 1.807) is 0 Å². The molecule has 0 aliphatic heterocycles. The zero-order chi connectivity index (χ0) is 20.0. The van der Waals surface area contributed by atoms with Gasteiger partial charge in [-0.15, -0.1) is 0 Å². The van der Waals surface area contributed by atoms with E-state index in [2.05, 4.69) is 77.9 Å². The summed E-state index contributed by atoms with van der Waals surface area (Å²) in [6.45, 7) is 19.7. The summed E-state index contributed by atoms with van der Waals surface area (Å²) >= 11 is 0. The van der Waals surface area contributed by atoms with Crippen LogP contribution in [-0.2, 0) is 5.54 Å². The minimum Gasteiger partial charge on any atom is -0.0644 e. The van der Waals surface area contributed by atoms with Crippen LogP contribution in [-0.4, -0.2) is 0 Å². The van der Waals surface area contributed by atoms with Gasteiger partial charge in [0.05, 0.1) is 16.7 Å². The van der Waals surface area contributed by atoms with Crippen LogP contribution in [0.4, 0.5) is 0 Å². The molecule has 0 N–H and O–H groups in total. The van der Waals surface area contributed by atoms with Gasteiger partial charge < -0.3 is 0 Å². The van der Waals surface area contributed by atoms with Crippen LogP contribution in [0, 0.1) is 48.1 Å². The maximum atomic E-state index is 6.40. The Balaban J connectivity index is 2.14. The summed E-state index contributed by atoms with van der Waals surface area (Å²) in [5, 5.41) is 0. The predicted octanol–water partition coefficient (Wildman–Crippen LogP) is 6.60. The van der Waals surface area contributed by atoms with Crippen LogP contribution in [0.2, 0.25) is 0 Å². The third-order valence-corrected chi connectivity index (χ3v) is 7.16. The third-order valence-electron chi connectivity index (χ3n) is 7.16. The molecule has 0 heterocycles. The fraction of sp³-hybridized carbons (Fsp3) is 0.296. The predicted molar refractivity (Wildman–Crippen MR) is 117 cm³/mol. The maximum absolute atomic E-state index is 6.40. The van der Waals surface area contributed by atoms with Gasteiger partial charge in [-0.3, -0.25) is 0 Å². The summed E-state index contributed by atoms with van der Waals surface area (Å²) < 4.78 is 0. The lowest BCUT2D eigenvalue weighted by Gasteiger charge is -2.45. The summed E-state index contributed by atoms with van der Waals surface area (Å²) in [6, 6.07) is 13.5. The van der Waals surface area contributed by atoms with Gasteiger partial charge in [0.2, 0.25) is 0 Å². The van der Waals surface area contributed by atoms with Crippen molar-refractivity contribution in [2.45, 2.75) is 53.0 Å². The molecule has 0 amide bonds. The van der Waals surface area contributed by atoms with Gasteiger partial charge >= 0.3 is 5.54 Å². The molecular weight excluding hydrogens is 338 g/mol. The Kier molecular flexibility index (Phi) is 3.30. The maximum Gasteiger partial charge on any atom is 0.357 e. The monoisotopic (exact) mass is 364 g/mol. The highest BCUT2D eigenvalue weighted by molar-refractivity contribution is 5.79. The standard InChI is InChI=1S/C27H26N/c1-14-8-11-17(4)24-20(14)23-21-15(2)9-12-18(5)25(21)27(24,28-7)26-19(6)13-10-16(3)22(23)26/h7-13,23H,1-6H3/q+1. The topological polar surface area (TPSA) is 4.36 Å². The fourth-order valence-electron chi connectivity index (χ4n) is 6.06. The number of hydrogen-bond donors (Lipinski definition) is 0. The lowest BCUT2D eigenvalue weighted by molar-refractivity contribution is 0.623. The molecule has 0 fully saturated rings. The van der Waals surface area contributed by atoms with Gasteiger partial charge in [0.25, 0.3) is 6.57 Å². The van der Waals surface area contributed by atoms with Crippen molar-refractivity contribution in [3.63, 3.8) is 0 Å². The quantitative estimate of drug-likeness (QED) is 0.423. The SMILES string of the molecule is C#[N+]C12c3c(C)ccc(C)c3C(c3c(C)ccc(C)c31)c1c(C)ccc(C)c12. The Morgan fingerprint density at radius 2 is 0.857 bits per heavy atom. The number of benzene rings is 3. The van der Waals surface area contributed by atoms with E-state index in [0.717, 1.165) is 0 Å². The van der Waals surface area contributed by atoms with Crippen LogP contribution in [0.3, 0.4) is 0 Å². The van der Waals surface area contributed by atoms with Crippen molar-refractivity contribution >= 4 is 0 Å². The minimum absolute atomic E-state index is 0.253. The second-order valence-electron chi connectivity index (χ2n) is 8.74. The van der Waals surface area contributed by atoms with Gasteiger partial charge in [-0.25, -0.2) is 0 Å². The zero-order valence-corrected chi connectivity index (χ0v) is 17.6. The first-order valence-corrected chi connectivity index (χ1v) is 10.1. The summed E-state index contributed by atoms with van der Waals surface area (Å²) in [7, 11) is 0. The molecule has 0 spiro atoms. The summed E-state index contributed by atoms with van der Waals surface area (Å²) in [4.78, 5) is 4.77. The van der Waals surface area contributed by atoms with E-state index < -0.39 is 5.54 Å². The van der Waals surface area contributed by atoms with Crippen LogP contribution >= 0.6 is 0 Å². The van der Waals surface area contributed by atoms with Gasteiger partial charge in [-0.2, -0.15) is 0 Å². The highest BCUT2D eigenvalue weighted by atomic mass is 14.9. The number of rotatable bonds is 0. The van der Waals surface area contributed by atoms with Crippen LogP contribution in [0.25, 0.3) is 4.85 Å². The van der Waals surface area contributed by atoms with E-state index in [4.69, 9.17) is 11.4 Å². The average molecular weight is 365 g/mol. The molecule has 3 aromatic carbocycles. The van der Waals surface area contributed by atoms with E-state index >= 15 is 0 Å². The molecule has 0 atom stereocenters. The Bertz CT molecular complexity index is 1090. The van der Waals surface area contributed by atoms with Crippen molar-refractivity contribution in [3.8, 4) is 6.57 Å². The lowest BCUT2D eigenvalue weighted by atomic mass is 9.53. The van der Waals surface area contributed by atoms with Gasteiger partial charge in [0, 0.05) is 5.92 Å². The fourth-order valence-corrected chi connectivity index (χ4v) is 6.06. The van der Waals surface area contributed by atoms with Crippen LogP contribution < -0.4 is 0 Å². The van der Waals surface area contributed by atoms with Crippen molar-refractivity contribution in [2.75, 3.05) is 0 Å². The lowest BCUT2D eigenvalue weighted by Crippen LogP contribution is -2.43. The molecule has 6 rings (SSSR count). The molecule has 138 valence electrons. The third kappa shape index (κ3) is 1.72. The molecule has 0 saturated carbocycles.